The molecule has 130 valence electrons. The van der Waals surface area contributed by atoms with Crippen molar-refractivity contribution in [1.29, 1.82) is 0 Å². The molecule has 1 unspecified atom stereocenters. The molecule has 3 aliphatic rings. The fourth-order valence-corrected chi connectivity index (χ4v) is 3.93. The van der Waals surface area contributed by atoms with Crippen molar-refractivity contribution in [3.05, 3.63) is 35.4 Å². The van der Waals surface area contributed by atoms with Crippen LogP contribution in [0, 0.1) is 5.92 Å². The van der Waals surface area contributed by atoms with Crippen LogP contribution in [0.3, 0.4) is 0 Å². The number of amides is 1. The summed E-state index contributed by atoms with van der Waals surface area (Å²) in [4.78, 5) is 17.0. The number of ether oxygens (including phenoxy) is 1. The molecule has 1 aromatic carbocycles. The molecule has 0 radical (unpaired) electrons. The van der Waals surface area contributed by atoms with Crippen LogP contribution in [0.4, 0.5) is 0 Å². The number of likely N-dealkylation sites (tertiary alicyclic amines) is 1. The Bertz CT molecular complexity index is 556. The lowest BCUT2D eigenvalue weighted by molar-refractivity contribution is 0.0793. The second-order valence-corrected chi connectivity index (χ2v) is 7.59. The van der Waals surface area contributed by atoms with Crippen molar-refractivity contribution >= 4 is 5.91 Å². The lowest BCUT2D eigenvalue weighted by Crippen LogP contribution is -2.31. The van der Waals surface area contributed by atoms with Gasteiger partial charge >= 0.3 is 0 Å². The molecule has 0 N–H and O–H groups in total. The molecule has 1 amide bonds. The molecule has 2 aliphatic heterocycles. The monoisotopic (exact) mass is 328 g/mol. The molecule has 3 fully saturated rings. The molecule has 1 atom stereocenters. The minimum Gasteiger partial charge on any atom is -0.381 e. The van der Waals surface area contributed by atoms with E-state index in [1.165, 1.54) is 24.8 Å². The van der Waals surface area contributed by atoms with Crippen LogP contribution in [-0.4, -0.2) is 54.6 Å². The number of nitrogens with zero attached hydrogens (tertiary/aromatic N) is 2. The molecule has 1 saturated carbocycles. The van der Waals surface area contributed by atoms with Gasteiger partial charge in [-0.2, -0.15) is 0 Å². The second kappa shape index (κ2) is 7.24. The minimum atomic E-state index is 0.196. The molecule has 2 heterocycles. The van der Waals surface area contributed by atoms with Crippen molar-refractivity contribution in [1.82, 2.24) is 9.80 Å². The molecule has 2 saturated heterocycles. The Morgan fingerprint density at radius 2 is 1.88 bits per heavy atom. The van der Waals surface area contributed by atoms with Gasteiger partial charge in [0.25, 0.3) is 5.91 Å². The Labute approximate surface area is 144 Å². The Morgan fingerprint density at radius 1 is 1.12 bits per heavy atom. The highest BCUT2D eigenvalue weighted by molar-refractivity contribution is 5.94. The number of rotatable bonds is 6. The molecule has 1 aromatic rings. The Kier molecular flexibility index (Phi) is 4.86. The van der Waals surface area contributed by atoms with Gasteiger partial charge in [0.2, 0.25) is 0 Å². The third-order valence-corrected chi connectivity index (χ3v) is 5.56. The zero-order valence-electron chi connectivity index (χ0n) is 14.5. The predicted octanol–water partition coefficient (Wildman–Crippen LogP) is 2.92. The normalized spacial score (nSPS) is 24.0. The topological polar surface area (TPSA) is 32.8 Å². The SMILES string of the molecule is O=C(c1ccc(CN(CC2CCOC2)C2CC2)cc1)N1CCCC1. The van der Waals surface area contributed by atoms with Gasteiger partial charge in [-0.25, -0.2) is 0 Å². The lowest BCUT2D eigenvalue weighted by Gasteiger charge is -2.25. The molecule has 0 spiro atoms. The smallest absolute Gasteiger partial charge is 0.253 e. The van der Waals surface area contributed by atoms with Crippen LogP contribution < -0.4 is 0 Å². The summed E-state index contributed by atoms with van der Waals surface area (Å²) in [5, 5.41) is 0. The lowest BCUT2D eigenvalue weighted by atomic mass is 10.1. The molecule has 0 bridgehead atoms. The second-order valence-electron chi connectivity index (χ2n) is 7.59. The number of carbonyl (C=O) groups is 1. The van der Waals surface area contributed by atoms with Crippen molar-refractivity contribution < 1.29 is 9.53 Å². The highest BCUT2D eigenvalue weighted by atomic mass is 16.5. The van der Waals surface area contributed by atoms with Gasteiger partial charge in [0.1, 0.15) is 0 Å². The summed E-state index contributed by atoms with van der Waals surface area (Å²) in [7, 11) is 0. The third kappa shape index (κ3) is 3.81. The minimum absolute atomic E-state index is 0.196. The van der Waals surface area contributed by atoms with Crippen molar-refractivity contribution in [3.63, 3.8) is 0 Å². The van der Waals surface area contributed by atoms with Gasteiger partial charge < -0.3 is 9.64 Å². The maximum Gasteiger partial charge on any atom is 0.253 e. The number of hydrogen-bond donors (Lipinski definition) is 0. The fourth-order valence-electron chi connectivity index (χ4n) is 3.93. The van der Waals surface area contributed by atoms with Crippen molar-refractivity contribution in [2.75, 3.05) is 32.8 Å². The molecule has 4 nitrogen and oxygen atoms in total. The van der Waals surface area contributed by atoms with Crippen molar-refractivity contribution in [3.8, 4) is 0 Å². The molecular formula is C20H28N2O2. The van der Waals surface area contributed by atoms with E-state index in [-0.39, 0.29) is 5.91 Å². The number of carbonyl (C=O) groups excluding carboxylic acids is 1. The van der Waals surface area contributed by atoms with Gasteiger partial charge in [-0.1, -0.05) is 12.1 Å². The van der Waals surface area contributed by atoms with E-state index in [1.807, 2.05) is 17.0 Å². The first-order chi connectivity index (χ1) is 11.8. The summed E-state index contributed by atoms with van der Waals surface area (Å²) in [5.74, 6) is 0.892. The summed E-state index contributed by atoms with van der Waals surface area (Å²) < 4.78 is 5.53. The molecule has 4 rings (SSSR count). The van der Waals surface area contributed by atoms with Crippen LogP contribution in [0.15, 0.2) is 24.3 Å². The van der Waals surface area contributed by atoms with Crippen LogP contribution in [0.5, 0.6) is 0 Å². The van der Waals surface area contributed by atoms with Crippen molar-refractivity contribution in [2.45, 2.75) is 44.7 Å². The average molecular weight is 328 g/mol. The van der Waals surface area contributed by atoms with Crippen LogP contribution in [-0.2, 0) is 11.3 Å². The third-order valence-electron chi connectivity index (χ3n) is 5.56. The van der Waals surface area contributed by atoms with E-state index in [0.29, 0.717) is 5.92 Å². The van der Waals surface area contributed by atoms with Gasteiger partial charge in [0, 0.05) is 44.4 Å². The maximum absolute atomic E-state index is 12.4. The van der Waals surface area contributed by atoms with E-state index in [0.717, 1.165) is 63.8 Å². The summed E-state index contributed by atoms with van der Waals surface area (Å²) in [6.07, 6.45) is 6.15. The van der Waals surface area contributed by atoms with E-state index in [1.54, 1.807) is 0 Å². The first-order valence-electron chi connectivity index (χ1n) is 9.49. The molecule has 0 aromatic heterocycles. The molecule has 24 heavy (non-hydrogen) atoms. The molecule has 4 heteroatoms. The fraction of sp³-hybridized carbons (Fsp3) is 0.650. The maximum atomic E-state index is 12.4. The van der Waals surface area contributed by atoms with Crippen molar-refractivity contribution in [2.24, 2.45) is 5.92 Å². The Hall–Kier alpha value is -1.39. The zero-order chi connectivity index (χ0) is 16.4. The number of hydrogen-bond acceptors (Lipinski definition) is 3. The predicted molar refractivity (Wildman–Crippen MR) is 93.9 cm³/mol. The standard InChI is InChI=1S/C20H28N2O2/c23-20(21-10-1-2-11-21)18-5-3-16(4-6-18)13-22(19-7-8-19)14-17-9-12-24-15-17/h3-6,17,19H,1-2,7-15H2. The highest BCUT2D eigenvalue weighted by Crippen LogP contribution is 2.30. The number of benzene rings is 1. The summed E-state index contributed by atoms with van der Waals surface area (Å²) in [6, 6.07) is 9.07. The summed E-state index contributed by atoms with van der Waals surface area (Å²) in [5.41, 5.74) is 2.15. The van der Waals surface area contributed by atoms with Gasteiger partial charge in [-0.15, -0.1) is 0 Å². The van der Waals surface area contributed by atoms with E-state index >= 15 is 0 Å². The van der Waals surface area contributed by atoms with Gasteiger partial charge in [0.15, 0.2) is 0 Å². The highest BCUT2D eigenvalue weighted by Gasteiger charge is 2.31. The first kappa shape index (κ1) is 16.1. The quantitative estimate of drug-likeness (QED) is 0.805. The summed E-state index contributed by atoms with van der Waals surface area (Å²) in [6.45, 7) is 5.83. The van der Waals surface area contributed by atoms with E-state index in [2.05, 4.69) is 17.0 Å². The average Bonchev–Trinajstić information content (AvgIpc) is 3.09. The molecule has 1 aliphatic carbocycles. The van der Waals surface area contributed by atoms with Crippen LogP contribution in [0.1, 0.15) is 48.0 Å². The zero-order valence-corrected chi connectivity index (χ0v) is 14.5. The van der Waals surface area contributed by atoms with E-state index in [9.17, 15) is 4.79 Å². The van der Waals surface area contributed by atoms with Gasteiger partial charge in [-0.3, -0.25) is 9.69 Å². The van der Waals surface area contributed by atoms with E-state index in [4.69, 9.17) is 4.74 Å². The largest absolute Gasteiger partial charge is 0.381 e. The van der Waals surface area contributed by atoms with E-state index < -0.39 is 0 Å². The van der Waals surface area contributed by atoms with Crippen LogP contribution in [0.2, 0.25) is 0 Å². The van der Waals surface area contributed by atoms with Gasteiger partial charge in [0.05, 0.1) is 6.61 Å². The Morgan fingerprint density at radius 3 is 2.50 bits per heavy atom. The summed E-state index contributed by atoms with van der Waals surface area (Å²) >= 11 is 0. The van der Waals surface area contributed by atoms with Gasteiger partial charge in [-0.05, 0) is 55.7 Å². The molecular weight excluding hydrogens is 300 g/mol. The van der Waals surface area contributed by atoms with Crippen LogP contribution >= 0.6 is 0 Å². The van der Waals surface area contributed by atoms with Crippen LogP contribution in [0.25, 0.3) is 0 Å². The first-order valence-corrected chi connectivity index (χ1v) is 9.49. The Balaban J connectivity index is 1.37.